The number of hydrogen-bond acceptors (Lipinski definition) is 3. The lowest BCUT2D eigenvalue weighted by atomic mass is 10.1. The summed E-state index contributed by atoms with van der Waals surface area (Å²) >= 11 is 4.44. The fourth-order valence-electron chi connectivity index (χ4n) is 2.57. The van der Waals surface area contributed by atoms with Crippen LogP contribution in [0.25, 0.3) is 0 Å². The molecule has 1 saturated heterocycles. The van der Waals surface area contributed by atoms with Crippen molar-refractivity contribution in [2.45, 2.75) is 62.5 Å². The Morgan fingerprint density at radius 3 is 2.68 bits per heavy atom. The molecule has 1 aliphatic rings. The van der Waals surface area contributed by atoms with E-state index in [1.54, 1.807) is 0 Å². The molecule has 0 unspecified atom stereocenters. The zero-order valence-electron chi connectivity index (χ0n) is 12.0. The Labute approximate surface area is 126 Å². The predicted molar refractivity (Wildman–Crippen MR) is 87.9 cm³/mol. The van der Waals surface area contributed by atoms with Gasteiger partial charge in [0.2, 0.25) is 0 Å². The molecule has 0 aromatic carbocycles. The van der Waals surface area contributed by atoms with E-state index in [0.29, 0.717) is 4.08 Å². The van der Waals surface area contributed by atoms with Gasteiger partial charge in [0.05, 0.1) is 10.4 Å². The molecule has 4 heteroatoms. The maximum atomic E-state index is 4.14. The Morgan fingerprint density at radius 2 is 2.00 bits per heavy atom. The van der Waals surface area contributed by atoms with Crippen LogP contribution in [0.2, 0.25) is 0 Å². The van der Waals surface area contributed by atoms with Gasteiger partial charge in [-0.05, 0) is 30.8 Å². The van der Waals surface area contributed by atoms with E-state index in [-0.39, 0.29) is 0 Å². The van der Waals surface area contributed by atoms with Gasteiger partial charge in [-0.1, -0.05) is 32.6 Å². The van der Waals surface area contributed by atoms with Gasteiger partial charge in [0, 0.05) is 18.9 Å². The van der Waals surface area contributed by atoms with Gasteiger partial charge in [-0.2, -0.15) is 0 Å². The number of aryl methyl sites for hydroxylation is 1. The van der Waals surface area contributed by atoms with E-state index in [1.165, 1.54) is 56.5 Å². The molecular weight excluding hydrogens is 272 g/mol. The molecule has 2 nitrogen and oxygen atoms in total. The largest absolute Gasteiger partial charge is 0.337 e. The summed E-state index contributed by atoms with van der Waals surface area (Å²) in [5, 5.41) is 0. The topological polar surface area (TPSA) is 17.8 Å². The molecule has 1 aromatic rings. The second-order valence-corrected chi connectivity index (χ2v) is 8.54. The first kappa shape index (κ1) is 15.3. The summed E-state index contributed by atoms with van der Waals surface area (Å²) in [6, 6.07) is 0. The molecule has 19 heavy (non-hydrogen) atoms. The second-order valence-electron chi connectivity index (χ2n) is 5.32. The molecule has 2 heterocycles. The summed E-state index contributed by atoms with van der Waals surface area (Å²) in [6.07, 6.45) is 15.5. The van der Waals surface area contributed by atoms with Crippen molar-refractivity contribution in [1.82, 2.24) is 9.55 Å². The monoisotopic (exact) mass is 298 g/mol. The van der Waals surface area contributed by atoms with Crippen LogP contribution in [0.15, 0.2) is 18.7 Å². The molecule has 0 bridgehead atoms. The first-order chi connectivity index (χ1) is 9.35. The minimum atomic E-state index is 0.482. The van der Waals surface area contributed by atoms with Gasteiger partial charge < -0.3 is 4.57 Å². The number of unbranched alkanes of at least 4 members (excludes halogenated alkanes) is 3. The van der Waals surface area contributed by atoms with Crippen LogP contribution in [-0.4, -0.2) is 25.1 Å². The third-order valence-electron chi connectivity index (χ3n) is 3.74. The van der Waals surface area contributed by atoms with Gasteiger partial charge in [-0.15, -0.1) is 23.5 Å². The summed E-state index contributed by atoms with van der Waals surface area (Å²) in [7, 11) is 0. The average molecular weight is 299 g/mol. The van der Waals surface area contributed by atoms with Crippen LogP contribution >= 0.6 is 23.5 Å². The van der Waals surface area contributed by atoms with Crippen LogP contribution in [0, 0.1) is 0 Å². The highest BCUT2D eigenvalue weighted by molar-refractivity contribution is 8.18. The molecule has 0 N–H and O–H groups in total. The predicted octanol–water partition coefficient (Wildman–Crippen LogP) is 4.81. The Kier molecular flexibility index (Phi) is 6.65. The molecule has 0 spiro atoms. The molecule has 0 atom stereocenters. The molecule has 108 valence electrons. The highest BCUT2D eigenvalue weighted by Crippen LogP contribution is 2.48. The lowest BCUT2D eigenvalue weighted by Crippen LogP contribution is -2.27. The summed E-state index contributed by atoms with van der Waals surface area (Å²) in [5.41, 5.74) is 0. The van der Waals surface area contributed by atoms with Crippen LogP contribution in [-0.2, 0) is 6.54 Å². The van der Waals surface area contributed by atoms with Crippen LogP contribution in [0.4, 0.5) is 0 Å². The van der Waals surface area contributed by atoms with Crippen LogP contribution in [0.3, 0.4) is 0 Å². The van der Waals surface area contributed by atoms with Gasteiger partial charge >= 0.3 is 0 Å². The molecule has 1 aromatic heterocycles. The third-order valence-corrected chi connectivity index (χ3v) is 7.30. The Bertz CT molecular complexity index is 332. The van der Waals surface area contributed by atoms with Gasteiger partial charge in [0.15, 0.2) is 0 Å². The minimum absolute atomic E-state index is 0.482. The Morgan fingerprint density at radius 1 is 1.16 bits per heavy atom. The quantitative estimate of drug-likeness (QED) is 0.641. The van der Waals surface area contributed by atoms with Crippen LogP contribution in [0.1, 0.15) is 51.9 Å². The first-order valence-electron chi connectivity index (χ1n) is 7.58. The molecule has 0 aliphatic carbocycles. The lowest BCUT2D eigenvalue weighted by molar-refractivity contribution is 0.535. The zero-order valence-corrected chi connectivity index (χ0v) is 13.6. The molecule has 0 amide bonds. The van der Waals surface area contributed by atoms with Gasteiger partial charge in [-0.3, -0.25) is 0 Å². The highest BCUT2D eigenvalue weighted by Gasteiger charge is 2.32. The fourth-order valence-corrected chi connectivity index (χ4v) is 5.96. The Balaban J connectivity index is 1.82. The zero-order chi connectivity index (χ0) is 13.4. The second kappa shape index (κ2) is 8.25. The Hall–Kier alpha value is -0.0900. The van der Waals surface area contributed by atoms with Crippen molar-refractivity contribution < 1.29 is 0 Å². The number of aromatic nitrogens is 2. The smallest absolute Gasteiger partial charge is 0.0945 e. The first-order valence-corrected chi connectivity index (χ1v) is 9.55. The molecule has 1 fully saturated rings. The van der Waals surface area contributed by atoms with Gasteiger partial charge in [0.25, 0.3) is 0 Å². The summed E-state index contributed by atoms with van der Waals surface area (Å²) in [5.74, 6) is 2.70. The summed E-state index contributed by atoms with van der Waals surface area (Å²) in [4.78, 5) is 4.14. The highest BCUT2D eigenvalue weighted by atomic mass is 32.2. The van der Waals surface area contributed by atoms with E-state index in [9.17, 15) is 0 Å². The number of nitrogens with zero attached hydrogens (tertiary/aromatic N) is 2. The van der Waals surface area contributed by atoms with E-state index < -0.39 is 0 Å². The van der Waals surface area contributed by atoms with Gasteiger partial charge in [-0.25, -0.2) is 4.98 Å². The minimum Gasteiger partial charge on any atom is -0.337 e. The molecular formula is C15H26N2S2. The molecule has 0 radical (unpaired) electrons. The van der Waals surface area contributed by atoms with Crippen molar-refractivity contribution in [3.05, 3.63) is 18.7 Å². The normalized spacial score (nSPS) is 18.6. The summed E-state index contributed by atoms with van der Waals surface area (Å²) in [6.45, 7) is 3.41. The number of imidazole rings is 1. The van der Waals surface area contributed by atoms with Gasteiger partial charge in [0.1, 0.15) is 0 Å². The maximum Gasteiger partial charge on any atom is 0.0945 e. The van der Waals surface area contributed by atoms with E-state index in [2.05, 4.69) is 46.2 Å². The maximum absolute atomic E-state index is 4.14. The number of thioether (sulfide) groups is 2. The standard InChI is InChI=1S/C15H26N2S2/c1-2-3-4-5-7-15(18-12-6-13-19-15)8-10-17-11-9-16-14-17/h9,11,14H,2-8,10,12-13H2,1H3. The van der Waals surface area contributed by atoms with E-state index in [0.717, 1.165) is 6.54 Å². The average Bonchev–Trinajstić information content (AvgIpc) is 2.96. The lowest BCUT2D eigenvalue weighted by Gasteiger charge is -2.36. The van der Waals surface area contributed by atoms with Crippen molar-refractivity contribution in [1.29, 1.82) is 0 Å². The third kappa shape index (κ3) is 5.07. The molecule has 1 aliphatic heterocycles. The van der Waals surface area contributed by atoms with Crippen molar-refractivity contribution in [2.24, 2.45) is 0 Å². The van der Waals surface area contributed by atoms with Crippen molar-refractivity contribution in [3.8, 4) is 0 Å². The molecule has 0 saturated carbocycles. The van der Waals surface area contributed by atoms with E-state index in [1.807, 2.05) is 12.5 Å². The fraction of sp³-hybridized carbons (Fsp3) is 0.800. The van der Waals surface area contributed by atoms with Crippen molar-refractivity contribution in [2.75, 3.05) is 11.5 Å². The number of rotatable bonds is 8. The summed E-state index contributed by atoms with van der Waals surface area (Å²) < 4.78 is 2.71. The van der Waals surface area contributed by atoms with E-state index >= 15 is 0 Å². The van der Waals surface area contributed by atoms with E-state index in [4.69, 9.17) is 0 Å². The number of hydrogen-bond donors (Lipinski definition) is 0. The van der Waals surface area contributed by atoms with Crippen molar-refractivity contribution >= 4 is 23.5 Å². The molecule has 2 rings (SSSR count). The SMILES string of the molecule is CCCCCCC1(CCn2ccnc2)SCCCS1. The van der Waals surface area contributed by atoms with Crippen LogP contribution < -0.4 is 0 Å². The van der Waals surface area contributed by atoms with Crippen LogP contribution in [0.5, 0.6) is 0 Å². The van der Waals surface area contributed by atoms with Crippen molar-refractivity contribution in [3.63, 3.8) is 0 Å².